The predicted octanol–water partition coefficient (Wildman–Crippen LogP) is 1.57. The molecule has 0 unspecified atom stereocenters. The molecule has 1 heterocycles. The van der Waals surface area contributed by atoms with Crippen molar-refractivity contribution in [2.75, 3.05) is 25.0 Å². The van der Waals surface area contributed by atoms with Gasteiger partial charge in [0, 0.05) is 19.2 Å². The van der Waals surface area contributed by atoms with E-state index in [-0.39, 0.29) is 5.91 Å². The number of rotatable bonds is 3. The lowest BCUT2D eigenvalue weighted by atomic mass is 9.98. The molecule has 1 aliphatic rings. The van der Waals surface area contributed by atoms with E-state index in [4.69, 9.17) is 0 Å². The molecule has 86 valence electrons. The molecule has 1 fully saturated rings. The lowest BCUT2D eigenvalue weighted by Gasteiger charge is -2.28. The zero-order valence-electron chi connectivity index (χ0n) is 9.86. The van der Waals surface area contributed by atoms with Gasteiger partial charge in [-0.05, 0) is 43.6 Å². The molecule has 0 saturated carbocycles. The number of nitrogens with zero attached hydrogens (tertiary/aromatic N) is 1. The third-order valence-corrected chi connectivity index (χ3v) is 3.09. The van der Waals surface area contributed by atoms with E-state index < -0.39 is 0 Å². The molecule has 1 aromatic rings. The van der Waals surface area contributed by atoms with E-state index in [0.29, 0.717) is 12.3 Å². The van der Waals surface area contributed by atoms with Gasteiger partial charge in [0.2, 0.25) is 5.91 Å². The number of hydrogen-bond acceptors (Lipinski definition) is 2. The maximum atomic E-state index is 12.0. The number of amides is 1. The number of hydrogen-bond donors (Lipinski definition) is 1. The number of aryl methyl sites for hydroxylation is 1. The lowest BCUT2D eigenvalue weighted by molar-refractivity contribution is -0.119. The fraction of sp³-hybridized carbons (Fsp3) is 0.462. The summed E-state index contributed by atoms with van der Waals surface area (Å²) >= 11 is 0. The van der Waals surface area contributed by atoms with Crippen molar-refractivity contribution in [2.45, 2.75) is 13.3 Å². The number of benzene rings is 1. The molecular weight excluding hydrogens is 200 g/mol. The molecule has 16 heavy (non-hydrogen) atoms. The molecule has 3 nitrogen and oxygen atoms in total. The van der Waals surface area contributed by atoms with Gasteiger partial charge in [0.25, 0.3) is 0 Å². The van der Waals surface area contributed by atoms with Crippen LogP contribution in [0.1, 0.15) is 12.0 Å². The SMILES string of the molecule is Cc1cccc(N(C)C(=O)CC2CNC2)c1. The first-order chi connectivity index (χ1) is 7.66. The molecular formula is C13H18N2O. The van der Waals surface area contributed by atoms with Crippen LogP contribution in [-0.4, -0.2) is 26.0 Å². The van der Waals surface area contributed by atoms with Gasteiger partial charge in [-0.25, -0.2) is 0 Å². The molecule has 0 aliphatic carbocycles. The first kappa shape index (κ1) is 11.1. The van der Waals surface area contributed by atoms with Crippen LogP contribution in [0.15, 0.2) is 24.3 Å². The Morgan fingerprint density at radius 3 is 2.81 bits per heavy atom. The molecule has 0 bridgehead atoms. The second-order valence-electron chi connectivity index (χ2n) is 4.52. The second kappa shape index (κ2) is 4.66. The fourth-order valence-electron chi connectivity index (χ4n) is 1.86. The van der Waals surface area contributed by atoms with Crippen LogP contribution in [0.25, 0.3) is 0 Å². The van der Waals surface area contributed by atoms with Gasteiger partial charge in [0.05, 0.1) is 0 Å². The molecule has 3 heteroatoms. The van der Waals surface area contributed by atoms with Crippen molar-refractivity contribution in [1.82, 2.24) is 5.32 Å². The van der Waals surface area contributed by atoms with Crippen LogP contribution in [0.2, 0.25) is 0 Å². The Kier molecular flexibility index (Phi) is 3.25. The fourth-order valence-corrected chi connectivity index (χ4v) is 1.86. The monoisotopic (exact) mass is 218 g/mol. The largest absolute Gasteiger partial charge is 0.316 e. The van der Waals surface area contributed by atoms with Crippen LogP contribution in [0.3, 0.4) is 0 Å². The zero-order valence-corrected chi connectivity index (χ0v) is 9.86. The molecule has 1 N–H and O–H groups in total. The molecule has 0 radical (unpaired) electrons. The topological polar surface area (TPSA) is 32.3 Å². The first-order valence-corrected chi connectivity index (χ1v) is 5.71. The second-order valence-corrected chi connectivity index (χ2v) is 4.52. The molecule has 0 aromatic heterocycles. The molecule has 0 atom stereocenters. The number of carbonyl (C=O) groups is 1. The van der Waals surface area contributed by atoms with E-state index in [1.165, 1.54) is 5.56 Å². The van der Waals surface area contributed by atoms with E-state index in [1.807, 2.05) is 38.2 Å². The van der Waals surface area contributed by atoms with Gasteiger partial charge in [-0.1, -0.05) is 12.1 Å². The summed E-state index contributed by atoms with van der Waals surface area (Å²) in [5, 5.41) is 3.18. The Morgan fingerprint density at radius 2 is 2.25 bits per heavy atom. The summed E-state index contributed by atoms with van der Waals surface area (Å²) in [7, 11) is 1.85. The van der Waals surface area contributed by atoms with Gasteiger partial charge < -0.3 is 10.2 Å². The van der Waals surface area contributed by atoms with Crippen molar-refractivity contribution in [1.29, 1.82) is 0 Å². The average Bonchev–Trinajstić information content (AvgIpc) is 2.22. The van der Waals surface area contributed by atoms with Crippen LogP contribution >= 0.6 is 0 Å². The zero-order chi connectivity index (χ0) is 11.5. The van der Waals surface area contributed by atoms with Crippen molar-refractivity contribution in [3.05, 3.63) is 29.8 Å². The molecule has 1 saturated heterocycles. The summed E-state index contributed by atoms with van der Waals surface area (Å²) in [6, 6.07) is 8.04. The van der Waals surface area contributed by atoms with Gasteiger partial charge in [-0.3, -0.25) is 4.79 Å². The van der Waals surface area contributed by atoms with E-state index in [1.54, 1.807) is 4.90 Å². The normalized spacial score (nSPS) is 15.6. The number of nitrogens with one attached hydrogen (secondary N) is 1. The molecule has 0 spiro atoms. The molecule has 1 aliphatic heterocycles. The minimum Gasteiger partial charge on any atom is -0.316 e. The quantitative estimate of drug-likeness (QED) is 0.835. The van der Waals surface area contributed by atoms with E-state index in [9.17, 15) is 4.79 Å². The summed E-state index contributed by atoms with van der Waals surface area (Å²) in [4.78, 5) is 13.7. The van der Waals surface area contributed by atoms with Crippen LogP contribution in [0, 0.1) is 12.8 Å². The van der Waals surface area contributed by atoms with Gasteiger partial charge in [0.1, 0.15) is 0 Å². The maximum Gasteiger partial charge on any atom is 0.227 e. The summed E-state index contributed by atoms with van der Waals surface area (Å²) in [6.07, 6.45) is 0.650. The van der Waals surface area contributed by atoms with Gasteiger partial charge >= 0.3 is 0 Å². The highest BCUT2D eigenvalue weighted by Gasteiger charge is 2.22. The minimum absolute atomic E-state index is 0.206. The number of anilines is 1. The van der Waals surface area contributed by atoms with Crippen molar-refractivity contribution < 1.29 is 4.79 Å². The van der Waals surface area contributed by atoms with Crippen LogP contribution in [0.5, 0.6) is 0 Å². The smallest absolute Gasteiger partial charge is 0.227 e. The van der Waals surface area contributed by atoms with E-state index in [0.717, 1.165) is 18.8 Å². The molecule has 2 rings (SSSR count). The summed E-state index contributed by atoms with van der Waals surface area (Å²) < 4.78 is 0. The van der Waals surface area contributed by atoms with Crippen molar-refractivity contribution in [3.8, 4) is 0 Å². The summed E-state index contributed by atoms with van der Waals surface area (Å²) in [6.45, 7) is 4.00. The minimum atomic E-state index is 0.206. The third-order valence-electron chi connectivity index (χ3n) is 3.09. The van der Waals surface area contributed by atoms with Crippen molar-refractivity contribution in [3.63, 3.8) is 0 Å². The standard InChI is InChI=1S/C13H18N2O/c1-10-4-3-5-12(6-10)15(2)13(16)7-11-8-14-9-11/h3-6,11,14H,7-9H2,1-2H3. The Labute approximate surface area is 96.5 Å². The van der Waals surface area contributed by atoms with Crippen LogP contribution in [-0.2, 0) is 4.79 Å². The van der Waals surface area contributed by atoms with Crippen molar-refractivity contribution >= 4 is 11.6 Å². The van der Waals surface area contributed by atoms with Gasteiger partial charge in [-0.2, -0.15) is 0 Å². The summed E-state index contributed by atoms with van der Waals surface area (Å²) in [5.74, 6) is 0.733. The lowest BCUT2D eigenvalue weighted by Crippen LogP contribution is -2.44. The van der Waals surface area contributed by atoms with Gasteiger partial charge in [-0.15, -0.1) is 0 Å². The Hall–Kier alpha value is -1.35. The molecule has 1 aromatic carbocycles. The highest BCUT2D eigenvalue weighted by molar-refractivity contribution is 5.93. The third kappa shape index (κ3) is 2.42. The van der Waals surface area contributed by atoms with Crippen LogP contribution < -0.4 is 10.2 Å². The Balaban J connectivity index is 2.00. The highest BCUT2D eigenvalue weighted by atomic mass is 16.2. The maximum absolute atomic E-state index is 12.0. The van der Waals surface area contributed by atoms with Gasteiger partial charge in [0.15, 0.2) is 0 Å². The predicted molar refractivity (Wildman–Crippen MR) is 65.6 cm³/mol. The first-order valence-electron chi connectivity index (χ1n) is 5.71. The van der Waals surface area contributed by atoms with Crippen molar-refractivity contribution in [2.24, 2.45) is 5.92 Å². The van der Waals surface area contributed by atoms with Crippen LogP contribution in [0.4, 0.5) is 5.69 Å². The number of carbonyl (C=O) groups excluding carboxylic acids is 1. The average molecular weight is 218 g/mol. The Morgan fingerprint density at radius 1 is 1.50 bits per heavy atom. The van der Waals surface area contributed by atoms with E-state index >= 15 is 0 Å². The molecule has 1 amide bonds. The van der Waals surface area contributed by atoms with E-state index in [2.05, 4.69) is 5.32 Å². The summed E-state index contributed by atoms with van der Waals surface area (Å²) in [5.41, 5.74) is 2.17. The Bertz CT molecular complexity index is 385. The highest BCUT2D eigenvalue weighted by Crippen LogP contribution is 2.17.